The van der Waals surface area contributed by atoms with Gasteiger partial charge >= 0.3 is 0 Å². The van der Waals surface area contributed by atoms with Gasteiger partial charge in [0, 0.05) is 10.3 Å². The molecule has 1 aliphatic carbocycles. The van der Waals surface area contributed by atoms with Crippen LogP contribution in [0.1, 0.15) is 46.1 Å². The highest BCUT2D eigenvalue weighted by molar-refractivity contribution is 7.99. The van der Waals surface area contributed by atoms with Gasteiger partial charge in [-0.05, 0) is 65.8 Å². The summed E-state index contributed by atoms with van der Waals surface area (Å²) in [5.41, 5.74) is 8.85. The third-order valence-corrected chi connectivity index (χ3v) is 6.99. The Balaban J connectivity index is 1.31. The molecule has 2 aromatic heterocycles. The lowest BCUT2D eigenvalue weighted by atomic mass is 9.96. The minimum atomic E-state index is -0.326. The summed E-state index contributed by atoms with van der Waals surface area (Å²) in [4.78, 5) is 25.9. The molecule has 0 aliphatic heterocycles. The number of nitrogens with zero attached hydrogens (tertiary/aromatic N) is 4. The Morgan fingerprint density at radius 1 is 1.17 bits per heavy atom. The number of carbonyl (C=O) groups excluding carboxylic acids is 2. The molecule has 0 spiro atoms. The maximum Gasteiger partial charge on any atom is 0.270 e. The van der Waals surface area contributed by atoms with E-state index in [1.54, 1.807) is 16.0 Å². The molecule has 2 N–H and O–H groups in total. The number of hydrogen-bond acceptors (Lipinski definition) is 7. The molecule has 0 bridgehead atoms. The molecule has 0 fully saturated rings. The van der Waals surface area contributed by atoms with Gasteiger partial charge in [0.05, 0.1) is 17.0 Å². The van der Waals surface area contributed by atoms with Crippen LogP contribution in [0.4, 0.5) is 0 Å². The van der Waals surface area contributed by atoms with Gasteiger partial charge in [0.2, 0.25) is 11.1 Å². The van der Waals surface area contributed by atoms with E-state index in [2.05, 4.69) is 33.3 Å². The van der Waals surface area contributed by atoms with Gasteiger partial charge in [0.25, 0.3) is 5.91 Å². The third-order valence-electron chi connectivity index (χ3n) is 4.98. The van der Waals surface area contributed by atoms with E-state index in [9.17, 15) is 9.59 Å². The Bertz CT molecular complexity index is 1040. The molecule has 30 heavy (non-hydrogen) atoms. The molecule has 2 heterocycles. The van der Waals surface area contributed by atoms with Crippen LogP contribution in [0, 0.1) is 0 Å². The standard InChI is InChI=1S/C20H22N6O2S2/c1-2-13-7-9-14(10-8-13)26-20(23-24-25-26)30-12-18(27)21-22-19(28)16-11-29-17-6-4-3-5-15(16)17/h7-11H,2-6,12H2,1H3,(H,21,27)(H,22,28). The first-order valence-electron chi connectivity index (χ1n) is 9.84. The fourth-order valence-electron chi connectivity index (χ4n) is 3.35. The second-order valence-electron chi connectivity index (χ2n) is 6.94. The first kappa shape index (κ1) is 20.5. The number of fused-ring (bicyclic) bond motifs is 1. The Morgan fingerprint density at radius 3 is 2.77 bits per heavy atom. The number of benzene rings is 1. The summed E-state index contributed by atoms with van der Waals surface area (Å²) in [6.07, 6.45) is 5.19. The van der Waals surface area contributed by atoms with E-state index in [0.29, 0.717) is 10.7 Å². The number of tetrazole rings is 1. The van der Waals surface area contributed by atoms with Crippen molar-refractivity contribution in [3.63, 3.8) is 0 Å². The number of hydrogen-bond donors (Lipinski definition) is 2. The minimum absolute atomic E-state index is 0.0788. The highest BCUT2D eigenvalue weighted by Crippen LogP contribution is 2.30. The Morgan fingerprint density at radius 2 is 1.97 bits per heavy atom. The van der Waals surface area contributed by atoms with Crippen LogP contribution in [0.3, 0.4) is 0 Å². The molecular weight excluding hydrogens is 420 g/mol. The summed E-state index contributed by atoms with van der Waals surface area (Å²) < 4.78 is 1.59. The largest absolute Gasteiger partial charge is 0.272 e. The topological polar surface area (TPSA) is 102 Å². The SMILES string of the molecule is CCc1ccc(-n2nnnc2SCC(=O)NNC(=O)c2csc3c2CCCC3)cc1. The van der Waals surface area contributed by atoms with Crippen LogP contribution >= 0.6 is 23.1 Å². The summed E-state index contributed by atoms with van der Waals surface area (Å²) in [5, 5.41) is 14.1. The zero-order valence-electron chi connectivity index (χ0n) is 16.6. The summed E-state index contributed by atoms with van der Waals surface area (Å²) in [6, 6.07) is 7.94. The number of thioether (sulfide) groups is 1. The molecule has 8 nitrogen and oxygen atoms in total. The quantitative estimate of drug-likeness (QED) is 0.450. The molecule has 2 amide bonds. The van der Waals surface area contributed by atoms with Crippen LogP contribution in [-0.2, 0) is 24.1 Å². The average molecular weight is 443 g/mol. The second-order valence-corrected chi connectivity index (χ2v) is 8.85. The van der Waals surface area contributed by atoms with E-state index in [0.717, 1.165) is 36.9 Å². The lowest BCUT2D eigenvalue weighted by Gasteiger charge is -2.13. The van der Waals surface area contributed by atoms with Crippen molar-refractivity contribution in [3.8, 4) is 5.69 Å². The van der Waals surface area contributed by atoms with Crippen LogP contribution in [0.25, 0.3) is 5.69 Å². The first-order chi connectivity index (χ1) is 14.7. The minimum Gasteiger partial charge on any atom is -0.272 e. The van der Waals surface area contributed by atoms with E-state index in [1.807, 2.05) is 29.6 Å². The Labute approximate surface area is 182 Å². The van der Waals surface area contributed by atoms with E-state index >= 15 is 0 Å². The summed E-state index contributed by atoms with van der Waals surface area (Å²) in [6.45, 7) is 2.10. The lowest BCUT2D eigenvalue weighted by molar-refractivity contribution is -0.119. The van der Waals surface area contributed by atoms with Crippen LogP contribution in [0.15, 0.2) is 34.8 Å². The van der Waals surface area contributed by atoms with E-state index < -0.39 is 0 Å². The molecule has 0 radical (unpaired) electrons. The van der Waals surface area contributed by atoms with Crippen molar-refractivity contribution in [1.29, 1.82) is 0 Å². The van der Waals surface area contributed by atoms with Crippen molar-refractivity contribution in [2.75, 3.05) is 5.75 Å². The number of thiophene rings is 1. The summed E-state index contributed by atoms with van der Waals surface area (Å²) >= 11 is 2.83. The predicted molar refractivity (Wildman–Crippen MR) is 116 cm³/mol. The summed E-state index contributed by atoms with van der Waals surface area (Å²) in [7, 11) is 0. The highest BCUT2D eigenvalue weighted by Gasteiger charge is 2.20. The van der Waals surface area contributed by atoms with Gasteiger partial charge < -0.3 is 0 Å². The van der Waals surface area contributed by atoms with Crippen molar-refractivity contribution in [1.82, 2.24) is 31.1 Å². The van der Waals surface area contributed by atoms with Gasteiger partial charge in [-0.25, -0.2) is 0 Å². The van der Waals surface area contributed by atoms with Crippen LogP contribution in [0.2, 0.25) is 0 Å². The second kappa shape index (κ2) is 9.40. The van der Waals surface area contributed by atoms with E-state index in [1.165, 1.54) is 28.6 Å². The molecule has 1 aliphatic rings. The van der Waals surface area contributed by atoms with Crippen molar-refractivity contribution in [2.24, 2.45) is 0 Å². The van der Waals surface area contributed by atoms with Crippen molar-refractivity contribution in [2.45, 2.75) is 44.2 Å². The maximum absolute atomic E-state index is 12.4. The molecule has 0 saturated carbocycles. The zero-order chi connectivity index (χ0) is 20.9. The van der Waals surface area contributed by atoms with Gasteiger partial charge in [0.1, 0.15) is 0 Å². The molecule has 10 heteroatoms. The van der Waals surface area contributed by atoms with E-state index in [-0.39, 0.29) is 17.6 Å². The van der Waals surface area contributed by atoms with Crippen molar-refractivity contribution < 1.29 is 9.59 Å². The number of rotatable bonds is 6. The predicted octanol–water partition coefficient (Wildman–Crippen LogP) is 2.72. The lowest BCUT2D eigenvalue weighted by Crippen LogP contribution is -2.42. The zero-order valence-corrected chi connectivity index (χ0v) is 18.2. The normalized spacial score (nSPS) is 13.0. The fraction of sp³-hybridized carbons (Fsp3) is 0.350. The monoisotopic (exact) mass is 442 g/mol. The van der Waals surface area contributed by atoms with Crippen LogP contribution in [0.5, 0.6) is 0 Å². The molecule has 4 rings (SSSR count). The molecule has 0 saturated heterocycles. The first-order valence-corrected chi connectivity index (χ1v) is 11.7. The maximum atomic E-state index is 12.4. The van der Waals surface area contributed by atoms with Gasteiger partial charge in [0.15, 0.2) is 0 Å². The number of nitrogens with one attached hydrogen (secondary N) is 2. The Hall–Kier alpha value is -2.72. The smallest absolute Gasteiger partial charge is 0.270 e. The average Bonchev–Trinajstić information content (AvgIpc) is 3.43. The van der Waals surface area contributed by atoms with Crippen molar-refractivity contribution >= 4 is 34.9 Å². The number of aromatic nitrogens is 4. The van der Waals surface area contributed by atoms with Gasteiger partial charge in [-0.2, -0.15) is 4.68 Å². The van der Waals surface area contributed by atoms with Gasteiger partial charge in [-0.3, -0.25) is 20.4 Å². The summed E-state index contributed by atoms with van der Waals surface area (Å²) in [5.74, 6) is -0.517. The third kappa shape index (κ3) is 4.54. The number of aryl methyl sites for hydroxylation is 2. The van der Waals surface area contributed by atoms with Crippen molar-refractivity contribution in [3.05, 3.63) is 51.2 Å². The van der Waals surface area contributed by atoms with Gasteiger partial charge in [-0.15, -0.1) is 16.4 Å². The Kier molecular flexibility index (Phi) is 6.44. The molecule has 156 valence electrons. The molecular formula is C20H22N6O2S2. The highest BCUT2D eigenvalue weighted by atomic mass is 32.2. The van der Waals surface area contributed by atoms with Crippen LogP contribution in [-0.4, -0.2) is 37.8 Å². The van der Waals surface area contributed by atoms with E-state index in [4.69, 9.17) is 0 Å². The molecule has 0 atom stereocenters. The number of hydrazine groups is 1. The number of carbonyl (C=O) groups is 2. The molecule has 3 aromatic rings. The van der Waals surface area contributed by atoms with Gasteiger partial charge in [-0.1, -0.05) is 30.8 Å². The fourth-order valence-corrected chi connectivity index (χ4v) is 5.16. The molecule has 0 unspecified atom stereocenters. The number of amides is 2. The van der Waals surface area contributed by atoms with Crippen LogP contribution < -0.4 is 10.9 Å². The molecule has 1 aromatic carbocycles.